The molecule has 0 unspecified atom stereocenters. The van der Waals surface area contributed by atoms with E-state index in [2.05, 4.69) is 25.5 Å². The molecule has 10 nitrogen and oxygen atoms in total. The summed E-state index contributed by atoms with van der Waals surface area (Å²) in [6, 6.07) is 3.60. The third kappa shape index (κ3) is 4.10. The number of hydrogen-bond acceptors (Lipinski definition) is 7. The van der Waals surface area contributed by atoms with E-state index in [1.807, 2.05) is 19.9 Å². The fourth-order valence-corrected chi connectivity index (χ4v) is 3.57. The van der Waals surface area contributed by atoms with Crippen molar-refractivity contribution in [1.82, 2.24) is 29.6 Å². The maximum atomic E-state index is 12.7. The molecule has 0 radical (unpaired) electrons. The van der Waals surface area contributed by atoms with Gasteiger partial charge in [0.25, 0.3) is 5.78 Å². The first-order valence-electron chi connectivity index (χ1n) is 9.61. The molecule has 152 valence electrons. The van der Waals surface area contributed by atoms with Gasteiger partial charge in [0.05, 0.1) is 6.42 Å². The van der Waals surface area contributed by atoms with Crippen molar-refractivity contribution in [3.63, 3.8) is 0 Å². The second kappa shape index (κ2) is 7.61. The monoisotopic (exact) mass is 397 g/mol. The Bertz CT molecular complexity index is 1060. The maximum Gasteiger partial charge on any atom is 0.252 e. The molecule has 4 heterocycles. The Hall–Kier alpha value is -3.30. The van der Waals surface area contributed by atoms with Crippen LogP contribution in [0.3, 0.4) is 0 Å². The molecule has 29 heavy (non-hydrogen) atoms. The van der Waals surface area contributed by atoms with Gasteiger partial charge in [-0.3, -0.25) is 9.59 Å². The van der Waals surface area contributed by atoms with Crippen LogP contribution in [-0.2, 0) is 16.0 Å². The molecule has 2 amide bonds. The van der Waals surface area contributed by atoms with Gasteiger partial charge in [-0.25, -0.2) is 9.50 Å². The van der Waals surface area contributed by atoms with Gasteiger partial charge in [-0.1, -0.05) is 5.16 Å². The molecule has 0 spiro atoms. The number of nitrogens with one attached hydrogen (secondary N) is 1. The molecule has 1 fully saturated rings. The van der Waals surface area contributed by atoms with E-state index in [0.717, 1.165) is 11.4 Å². The molecule has 0 atom stereocenters. The lowest BCUT2D eigenvalue weighted by atomic mass is 9.95. The number of rotatable bonds is 4. The number of hydrogen-bond donors (Lipinski definition) is 1. The average molecular weight is 397 g/mol. The molecule has 0 aromatic carbocycles. The van der Waals surface area contributed by atoms with Crippen LogP contribution < -0.4 is 5.32 Å². The summed E-state index contributed by atoms with van der Waals surface area (Å²) >= 11 is 0. The lowest BCUT2D eigenvalue weighted by Gasteiger charge is -2.31. The second-order valence-electron chi connectivity index (χ2n) is 7.42. The zero-order valence-corrected chi connectivity index (χ0v) is 16.7. The average Bonchev–Trinajstić information content (AvgIpc) is 3.27. The highest BCUT2D eigenvalue weighted by molar-refractivity contribution is 5.91. The molecule has 3 aromatic rings. The van der Waals surface area contributed by atoms with Gasteiger partial charge in [-0.15, -0.1) is 5.10 Å². The topological polar surface area (TPSA) is 119 Å². The molecule has 0 aliphatic carbocycles. The van der Waals surface area contributed by atoms with Crippen molar-refractivity contribution >= 4 is 23.4 Å². The van der Waals surface area contributed by atoms with E-state index in [4.69, 9.17) is 4.52 Å². The minimum atomic E-state index is -0.154. The van der Waals surface area contributed by atoms with Gasteiger partial charge in [0.15, 0.2) is 11.6 Å². The Kier molecular flexibility index (Phi) is 4.99. The molecular formula is C19H23N7O3. The molecule has 1 aliphatic heterocycles. The van der Waals surface area contributed by atoms with Crippen LogP contribution in [0.15, 0.2) is 16.7 Å². The van der Waals surface area contributed by atoms with Crippen LogP contribution in [0.1, 0.15) is 35.8 Å². The predicted octanol–water partition coefficient (Wildman–Crippen LogP) is 1.46. The molecule has 0 bridgehead atoms. The summed E-state index contributed by atoms with van der Waals surface area (Å²) in [5, 5.41) is 10.9. The standard InChI is InChI=1S/C19H23N7O3/c1-11-8-12(2)26-19(20-11)22-15(23-26)10-17(27)25-6-4-14(5-7-25)18(28)21-16-9-13(3)29-24-16/h8-9,14H,4-7,10H2,1-3H3,(H,21,24,28). The van der Waals surface area contributed by atoms with E-state index in [0.29, 0.717) is 49.1 Å². The van der Waals surface area contributed by atoms with Crippen molar-refractivity contribution in [2.75, 3.05) is 18.4 Å². The van der Waals surface area contributed by atoms with Gasteiger partial charge >= 0.3 is 0 Å². The summed E-state index contributed by atoms with van der Waals surface area (Å²) < 4.78 is 6.61. The number of anilines is 1. The van der Waals surface area contributed by atoms with Crippen molar-refractivity contribution in [3.05, 3.63) is 35.1 Å². The number of carbonyl (C=O) groups excluding carboxylic acids is 2. The minimum Gasteiger partial charge on any atom is -0.360 e. The number of fused-ring (bicyclic) bond motifs is 1. The number of carbonyl (C=O) groups is 2. The number of aryl methyl sites for hydroxylation is 3. The third-order valence-corrected chi connectivity index (χ3v) is 5.07. The smallest absolute Gasteiger partial charge is 0.252 e. The van der Waals surface area contributed by atoms with Crippen LogP contribution in [0.2, 0.25) is 0 Å². The SMILES string of the molecule is Cc1cc(C)n2nc(CC(=O)N3CCC(C(=O)Nc4cc(C)on4)CC3)nc2n1. The Morgan fingerprint density at radius 1 is 1.17 bits per heavy atom. The lowest BCUT2D eigenvalue weighted by molar-refractivity contribution is -0.134. The van der Waals surface area contributed by atoms with Crippen molar-refractivity contribution in [3.8, 4) is 0 Å². The normalized spacial score (nSPS) is 15.1. The van der Waals surface area contributed by atoms with Gasteiger partial charge < -0.3 is 14.7 Å². The van der Waals surface area contributed by atoms with Crippen molar-refractivity contribution in [2.24, 2.45) is 5.92 Å². The summed E-state index contributed by atoms with van der Waals surface area (Å²) in [6.07, 6.45) is 1.33. The van der Waals surface area contributed by atoms with Crippen LogP contribution in [-0.4, -0.2) is 54.5 Å². The second-order valence-corrected chi connectivity index (χ2v) is 7.42. The molecule has 1 aliphatic rings. The highest BCUT2D eigenvalue weighted by Gasteiger charge is 2.28. The Morgan fingerprint density at radius 3 is 2.62 bits per heavy atom. The number of nitrogens with zero attached hydrogens (tertiary/aromatic N) is 6. The number of likely N-dealkylation sites (tertiary alicyclic amines) is 1. The molecule has 0 saturated carbocycles. The van der Waals surface area contributed by atoms with Gasteiger partial charge in [0.2, 0.25) is 11.8 Å². The summed E-state index contributed by atoms with van der Waals surface area (Å²) in [4.78, 5) is 35.5. The first kappa shape index (κ1) is 19.0. The summed E-state index contributed by atoms with van der Waals surface area (Å²) in [5.74, 6) is 1.73. The molecule has 10 heteroatoms. The summed E-state index contributed by atoms with van der Waals surface area (Å²) in [5.41, 5.74) is 1.79. The molecule has 4 rings (SSSR count). The lowest BCUT2D eigenvalue weighted by Crippen LogP contribution is -2.42. The van der Waals surface area contributed by atoms with Gasteiger partial charge in [-0.05, 0) is 39.7 Å². The van der Waals surface area contributed by atoms with Gasteiger partial charge in [0, 0.05) is 36.5 Å². The molecular weight excluding hydrogens is 374 g/mol. The predicted molar refractivity (Wildman–Crippen MR) is 103 cm³/mol. The quantitative estimate of drug-likeness (QED) is 0.708. The minimum absolute atomic E-state index is 0.0405. The first-order valence-corrected chi connectivity index (χ1v) is 9.61. The fourth-order valence-electron chi connectivity index (χ4n) is 3.57. The van der Waals surface area contributed by atoms with Crippen molar-refractivity contribution < 1.29 is 14.1 Å². The van der Waals surface area contributed by atoms with Gasteiger partial charge in [-0.2, -0.15) is 4.98 Å². The maximum absolute atomic E-state index is 12.7. The van der Waals surface area contributed by atoms with Crippen molar-refractivity contribution in [1.29, 1.82) is 0 Å². The zero-order valence-electron chi connectivity index (χ0n) is 16.7. The fraction of sp³-hybridized carbons (Fsp3) is 0.474. The third-order valence-electron chi connectivity index (χ3n) is 5.07. The van der Waals surface area contributed by atoms with E-state index in [9.17, 15) is 9.59 Å². The van der Waals surface area contributed by atoms with Crippen LogP contribution >= 0.6 is 0 Å². The largest absolute Gasteiger partial charge is 0.360 e. The van der Waals surface area contributed by atoms with Gasteiger partial charge in [0.1, 0.15) is 5.76 Å². The Labute approximate surface area is 167 Å². The summed E-state index contributed by atoms with van der Waals surface area (Å²) in [7, 11) is 0. The molecule has 1 saturated heterocycles. The zero-order chi connectivity index (χ0) is 20.5. The Balaban J connectivity index is 1.33. The highest BCUT2D eigenvalue weighted by Crippen LogP contribution is 2.20. The van der Waals surface area contributed by atoms with E-state index >= 15 is 0 Å². The van der Waals surface area contributed by atoms with E-state index in [1.54, 1.807) is 22.4 Å². The van der Waals surface area contributed by atoms with Crippen LogP contribution in [0, 0.1) is 26.7 Å². The van der Waals surface area contributed by atoms with Crippen molar-refractivity contribution in [2.45, 2.75) is 40.0 Å². The number of piperidine rings is 1. The van der Waals surface area contributed by atoms with E-state index < -0.39 is 0 Å². The van der Waals surface area contributed by atoms with E-state index in [-0.39, 0.29) is 24.2 Å². The molecule has 1 N–H and O–H groups in total. The number of aromatic nitrogens is 5. The highest BCUT2D eigenvalue weighted by atomic mass is 16.5. The van der Waals surface area contributed by atoms with E-state index in [1.165, 1.54) is 0 Å². The number of amides is 2. The van der Waals surface area contributed by atoms with Crippen LogP contribution in [0.25, 0.3) is 5.78 Å². The summed E-state index contributed by atoms with van der Waals surface area (Å²) in [6.45, 7) is 6.65. The first-order chi connectivity index (χ1) is 13.9. The molecule has 3 aromatic heterocycles. The van der Waals surface area contributed by atoms with Crippen LogP contribution in [0.5, 0.6) is 0 Å². The Morgan fingerprint density at radius 2 is 1.93 bits per heavy atom. The van der Waals surface area contributed by atoms with Crippen LogP contribution in [0.4, 0.5) is 5.82 Å².